The fraction of sp³-hybridized carbons (Fsp3) is 0.667. The van der Waals surface area contributed by atoms with Gasteiger partial charge in [0.15, 0.2) is 0 Å². The Bertz CT molecular complexity index is 348. The molecule has 4 nitrogen and oxygen atoms in total. The van der Waals surface area contributed by atoms with Crippen LogP contribution in [-0.4, -0.2) is 23.6 Å². The molecular weight excluding hydrogens is 202 g/mol. The van der Waals surface area contributed by atoms with Gasteiger partial charge >= 0.3 is 0 Å². The van der Waals surface area contributed by atoms with E-state index >= 15 is 0 Å². The quantitative estimate of drug-likeness (QED) is 0.848. The second-order valence-electron chi connectivity index (χ2n) is 4.35. The Morgan fingerprint density at radius 3 is 2.81 bits per heavy atom. The molecule has 0 unspecified atom stereocenters. The highest BCUT2D eigenvalue weighted by molar-refractivity contribution is 5.37. The van der Waals surface area contributed by atoms with Crippen molar-refractivity contribution in [2.24, 2.45) is 5.92 Å². The van der Waals surface area contributed by atoms with E-state index in [1.165, 1.54) is 25.7 Å². The molecule has 0 saturated heterocycles. The molecular formula is C12H19N3O. The second-order valence-corrected chi connectivity index (χ2v) is 4.35. The zero-order valence-electron chi connectivity index (χ0n) is 9.99. The highest BCUT2D eigenvalue weighted by atomic mass is 16.5. The van der Waals surface area contributed by atoms with Crippen molar-refractivity contribution in [2.45, 2.75) is 32.6 Å². The van der Waals surface area contributed by atoms with Crippen LogP contribution in [0, 0.1) is 12.8 Å². The minimum atomic E-state index is 0.684. The Kier molecular flexibility index (Phi) is 3.59. The Labute approximate surface area is 96.4 Å². The first kappa shape index (κ1) is 11.2. The van der Waals surface area contributed by atoms with E-state index in [0.29, 0.717) is 11.8 Å². The Morgan fingerprint density at radius 1 is 1.38 bits per heavy atom. The van der Waals surface area contributed by atoms with Crippen LogP contribution in [0.4, 0.5) is 5.82 Å². The lowest BCUT2D eigenvalue weighted by Gasteiger charge is -2.11. The predicted molar refractivity (Wildman–Crippen MR) is 63.8 cm³/mol. The van der Waals surface area contributed by atoms with Crippen molar-refractivity contribution in [3.05, 3.63) is 11.9 Å². The fourth-order valence-electron chi connectivity index (χ4n) is 2.12. The number of anilines is 1. The van der Waals surface area contributed by atoms with Gasteiger partial charge in [0.05, 0.1) is 6.61 Å². The molecule has 1 aromatic rings. The Hall–Kier alpha value is -1.32. The summed E-state index contributed by atoms with van der Waals surface area (Å²) in [6.07, 6.45) is 5.28. The first-order chi connectivity index (χ1) is 7.78. The lowest BCUT2D eigenvalue weighted by atomic mass is 10.1. The van der Waals surface area contributed by atoms with Crippen LogP contribution in [0.3, 0.4) is 0 Å². The predicted octanol–water partition coefficient (Wildman–Crippen LogP) is 2.40. The summed E-state index contributed by atoms with van der Waals surface area (Å²) in [5.41, 5.74) is 0. The first-order valence-electron chi connectivity index (χ1n) is 5.94. The number of nitrogens with one attached hydrogen (secondary N) is 1. The van der Waals surface area contributed by atoms with Gasteiger partial charge in [-0.15, -0.1) is 0 Å². The minimum Gasteiger partial charge on any atom is -0.477 e. The molecule has 0 aromatic carbocycles. The number of rotatable bonds is 4. The van der Waals surface area contributed by atoms with Crippen molar-refractivity contribution in [2.75, 3.05) is 19.0 Å². The maximum atomic E-state index is 5.72. The van der Waals surface area contributed by atoms with Gasteiger partial charge in [0, 0.05) is 13.1 Å². The number of nitrogens with zero attached hydrogens (tertiary/aromatic N) is 2. The molecule has 0 aliphatic heterocycles. The summed E-state index contributed by atoms with van der Waals surface area (Å²) in [6, 6.07) is 1.85. The summed E-state index contributed by atoms with van der Waals surface area (Å²) < 4.78 is 5.72. The van der Waals surface area contributed by atoms with Gasteiger partial charge in [-0.2, -0.15) is 4.98 Å². The van der Waals surface area contributed by atoms with E-state index in [0.717, 1.165) is 18.2 Å². The van der Waals surface area contributed by atoms with Gasteiger partial charge < -0.3 is 10.1 Å². The van der Waals surface area contributed by atoms with Crippen molar-refractivity contribution >= 4 is 5.82 Å². The van der Waals surface area contributed by atoms with Crippen molar-refractivity contribution in [3.63, 3.8) is 0 Å². The number of ether oxygens (including phenoxy) is 1. The summed E-state index contributed by atoms with van der Waals surface area (Å²) >= 11 is 0. The van der Waals surface area contributed by atoms with Gasteiger partial charge in [0.25, 0.3) is 0 Å². The van der Waals surface area contributed by atoms with Crippen LogP contribution in [0.2, 0.25) is 0 Å². The molecule has 4 heteroatoms. The van der Waals surface area contributed by atoms with Gasteiger partial charge in [0.1, 0.15) is 11.6 Å². The molecule has 0 atom stereocenters. The Balaban J connectivity index is 1.94. The molecule has 1 N–H and O–H groups in total. The molecule has 0 bridgehead atoms. The lowest BCUT2D eigenvalue weighted by molar-refractivity contribution is 0.243. The molecule has 1 heterocycles. The first-order valence-corrected chi connectivity index (χ1v) is 5.94. The van der Waals surface area contributed by atoms with Crippen LogP contribution >= 0.6 is 0 Å². The van der Waals surface area contributed by atoms with E-state index in [1.807, 2.05) is 20.0 Å². The van der Waals surface area contributed by atoms with Crippen molar-refractivity contribution in [1.82, 2.24) is 9.97 Å². The molecule has 1 fully saturated rings. The normalized spacial score (nSPS) is 16.4. The number of aryl methyl sites for hydroxylation is 1. The van der Waals surface area contributed by atoms with E-state index in [-0.39, 0.29) is 0 Å². The molecule has 0 radical (unpaired) electrons. The zero-order valence-corrected chi connectivity index (χ0v) is 9.99. The average molecular weight is 221 g/mol. The standard InChI is InChI=1S/C12H19N3O/c1-9-14-11(13-2)7-12(15-9)16-8-10-5-3-4-6-10/h7,10H,3-6,8H2,1-2H3,(H,13,14,15). The van der Waals surface area contributed by atoms with E-state index in [1.54, 1.807) is 0 Å². The third-order valence-corrected chi connectivity index (χ3v) is 3.01. The third-order valence-electron chi connectivity index (χ3n) is 3.01. The average Bonchev–Trinajstić information content (AvgIpc) is 2.78. The monoisotopic (exact) mass is 221 g/mol. The van der Waals surface area contributed by atoms with Crippen molar-refractivity contribution < 1.29 is 4.74 Å². The smallest absolute Gasteiger partial charge is 0.218 e. The summed E-state index contributed by atoms with van der Waals surface area (Å²) in [4.78, 5) is 8.50. The zero-order chi connectivity index (χ0) is 11.4. The maximum Gasteiger partial charge on any atom is 0.218 e. The van der Waals surface area contributed by atoms with Gasteiger partial charge in [-0.05, 0) is 25.7 Å². The largest absolute Gasteiger partial charge is 0.477 e. The molecule has 1 aliphatic carbocycles. The summed E-state index contributed by atoms with van der Waals surface area (Å²) in [7, 11) is 1.85. The lowest BCUT2D eigenvalue weighted by Crippen LogP contribution is -2.10. The van der Waals surface area contributed by atoms with E-state index < -0.39 is 0 Å². The molecule has 0 amide bonds. The van der Waals surface area contributed by atoms with E-state index in [2.05, 4.69) is 15.3 Å². The van der Waals surface area contributed by atoms with Crippen molar-refractivity contribution in [1.29, 1.82) is 0 Å². The molecule has 16 heavy (non-hydrogen) atoms. The maximum absolute atomic E-state index is 5.72. The fourth-order valence-corrected chi connectivity index (χ4v) is 2.12. The van der Waals surface area contributed by atoms with Crippen LogP contribution < -0.4 is 10.1 Å². The molecule has 0 spiro atoms. The summed E-state index contributed by atoms with van der Waals surface area (Å²) in [5.74, 6) is 2.96. The van der Waals surface area contributed by atoms with Gasteiger partial charge in [-0.25, -0.2) is 4.98 Å². The minimum absolute atomic E-state index is 0.684. The highest BCUT2D eigenvalue weighted by Gasteiger charge is 2.15. The number of hydrogen-bond acceptors (Lipinski definition) is 4. The highest BCUT2D eigenvalue weighted by Crippen LogP contribution is 2.25. The van der Waals surface area contributed by atoms with Gasteiger partial charge in [-0.3, -0.25) is 0 Å². The van der Waals surface area contributed by atoms with Crippen molar-refractivity contribution in [3.8, 4) is 5.88 Å². The molecule has 1 saturated carbocycles. The van der Waals surface area contributed by atoms with E-state index in [9.17, 15) is 0 Å². The molecule has 1 aliphatic rings. The van der Waals surface area contributed by atoms with Gasteiger partial charge in [0.2, 0.25) is 5.88 Å². The topological polar surface area (TPSA) is 47.0 Å². The van der Waals surface area contributed by atoms with Crippen LogP contribution in [0.15, 0.2) is 6.07 Å². The van der Waals surface area contributed by atoms with Crippen LogP contribution in [0.25, 0.3) is 0 Å². The van der Waals surface area contributed by atoms with Crippen LogP contribution in [0.5, 0.6) is 5.88 Å². The summed E-state index contributed by atoms with van der Waals surface area (Å²) in [5, 5.41) is 3.01. The number of aromatic nitrogens is 2. The molecule has 1 aromatic heterocycles. The van der Waals surface area contributed by atoms with E-state index in [4.69, 9.17) is 4.74 Å². The molecule has 2 rings (SSSR count). The number of hydrogen-bond donors (Lipinski definition) is 1. The Morgan fingerprint density at radius 2 is 2.12 bits per heavy atom. The van der Waals surface area contributed by atoms with Crippen LogP contribution in [0.1, 0.15) is 31.5 Å². The second kappa shape index (κ2) is 5.14. The summed E-state index contributed by atoms with van der Waals surface area (Å²) in [6.45, 7) is 2.67. The SMILES string of the molecule is CNc1cc(OCC2CCCC2)nc(C)n1. The molecule has 88 valence electrons. The van der Waals surface area contributed by atoms with Gasteiger partial charge in [-0.1, -0.05) is 12.8 Å². The third kappa shape index (κ3) is 2.84. The van der Waals surface area contributed by atoms with Crippen LogP contribution in [-0.2, 0) is 0 Å².